The van der Waals surface area contributed by atoms with Crippen LogP contribution in [0.25, 0.3) is 0 Å². The van der Waals surface area contributed by atoms with Gasteiger partial charge in [0, 0.05) is 22.5 Å². The molecule has 0 bridgehead atoms. The predicted molar refractivity (Wildman–Crippen MR) is 79.3 cm³/mol. The third-order valence-electron chi connectivity index (χ3n) is 2.93. The topological polar surface area (TPSA) is 47.8 Å². The molecule has 0 atom stereocenters. The fourth-order valence-corrected chi connectivity index (χ4v) is 2.50. The van der Waals surface area contributed by atoms with Crippen molar-refractivity contribution in [1.82, 2.24) is 14.8 Å². The summed E-state index contributed by atoms with van der Waals surface area (Å²) in [4.78, 5) is 16.3. The Bertz CT molecular complexity index is 602. The summed E-state index contributed by atoms with van der Waals surface area (Å²) in [5, 5.41) is 5.13. The van der Waals surface area contributed by atoms with Crippen LogP contribution in [0.4, 0.5) is 0 Å². The van der Waals surface area contributed by atoms with Crippen LogP contribution in [0.5, 0.6) is 0 Å². The second kappa shape index (κ2) is 6.37. The first-order chi connectivity index (χ1) is 9.49. The van der Waals surface area contributed by atoms with Gasteiger partial charge in [-0.15, -0.1) is 0 Å². The molecule has 0 radical (unpaired) electrons. The highest BCUT2D eigenvalue weighted by Gasteiger charge is 2.15. The minimum atomic E-state index is 0.00917. The van der Waals surface area contributed by atoms with Crippen LogP contribution in [0.2, 0.25) is 10.0 Å². The molecule has 2 aromatic rings. The lowest BCUT2D eigenvalue weighted by Gasteiger charge is -2.09. The van der Waals surface area contributed by atoms with Gasteiger partial charge in [-0.05, 0) is 31.5 Å². The summed E-state index contributed by atoms with van der Waals surface area (Å²) < 4.78 is 1.74. The van der Waals surface area contributed by atoms with E-state index in [4.69, 9.17) is 23.2 Å². The Morgan fingerprint density at radius 2 is 1.90 bits per heavy atom. The van der Waals surface area contributed by atoms with E-state index in [1.807, 2.05) is 13.8 Å². The third-order valence-corrected chi connectivity index (χ3v) is 3.64. The number of aromatic nitrogens is 3. The SMILES string of the molecule is CC(C)n1ncnc1CC(=O)Cc1c(Cl)cccc1Cl. The smallest absolute Gasteiger partial charge is 0.144 e. The van der Waals surface area contributed by atoms with E-state index < -0.39 is 0 Å². The molecule has 0 saturated carbocycles. The summed E-state index contributed by atoms with van der Waals surface area (Å²) in [6.45, 7) is 3.99. The largest absolute Gasteiger partial charge is 0.299 e. The molecule has 0 N–H and O–H groups in total. The number of nitrogens with zero attached hydrogens (tertiary/aromatic N) is 3. The lowest BCUT2D eigenvalue weighted by atomic mass is 10.1. The number of halogens is 2. The summed E-state index contributed by atoms with van der Waals surface area (Å²) in [6, 6.07) is 5.39. The number of hydrogen-bond acceptors (Lipinski definition) is 3. The molecule has 4 nitrogen and oxygen atoms in total. The molecule has 0 aliphatic carbocycles. The standard InChI is InChI=1S/C14H15Cl2N3O/c1-9(2)19-14(17-8-18-19)7-10(20)6-11-12(15)4-3-5-13(11)16/h3-5,8-9H,6-7H2,1-2H3. The van der Waals surface area contributed by atoms with Crippen LogP contribution in [0, 0.1) is 0 Å². The van der Waals surface area contributed by atoms with Crippen LogP contribution in [0.1, 0.15) is 31.3 Å². The van der Waals surface area contributed by atoms with Gasteiger partial charge in [0.1, 0.15) is 17.9 Å². The van der Waals surface area contributed by atoms with Crippen molar-refractivity contribution in [1.29, 1.82) is 0 Å². The average molecular weight is 312 g/mol. The van der Waals surface area contributed by atoms with Gasteiger partial charge in [0.25, 0.3) is 0 Å². The number of benzene rings is 1. The molecule has 1 aromatic carbocycles. The van der Waals surface area contributed by atoms with Crippen molar-refractivity contribution in [3.05, 3.63) is 46.0 Å². The van der Waals surface area contributed by atoms with Crippen LogP contribution in [-0.4, -0.2) is 20.5 Å². The van der Waals surface area contributed by atoms with Crippen molar-refractivity contribution in [2.75, 3.05) is 0 Å². The van der Waals surface area contributed by atoms with Gasteiger partial charge < -0.3 is 0 Å². The highest BCUT2D eigenvalue weighted by atomic mass is 35.5. The van der Waals surface area contributed by atoms with Crippen molar-refractivity contribution in [3.8, 4) is 0 Å². The first-order valence-electron chi connectivity index (χ1n) is 6.32. The number of Topliss-reactive ketones (excluding diaryl/α,β-unsaturated/α-hetero) is 1. The van der Waals surface area contributed by atoms with E-state index in [1.54, 1.807) is 22.9 Å². The monoisotopic (exact) mass is 311 g/mol. The molecule has 0 aliphatic rings. The average Bonchev–Trinajstić information content (AvgIpc) is 2.82. The molecule has 1 heterocycles. The highest BCUT2D eigenvalue weighted by Crippen LogP contribution is 2.25. The molecular formula is C14H15Cl2N3O. The van der Waals surface area contributed by atoms with E-state index in [9.17, 15) is 4.79 Å². The fourth-order valence-electron chi connectivity index (χ4n) is 1.97. The Kier molecular flexibility index (Phi) is 4.78. The fraction of sp³-hybridized carbons (Fsp3) is 0.357. The molecule has 0 unspecified atom stereocenters. The molecule has 20 heavy (non-hydrogen) atoms. The molecule has 1 aromatic heterocycles. The van der Waals surface area contributed by atoms with Crippen molar-refractivity contribution in [2.24, 2.45) is 0 Å². The minimum Gasteiger partial charge on any atom is -0.299 e. The number of hydrogen-bond donors (Lipinski definition) is 0. The van der Waals surface area contributed by atoms with Gasteiger partial charge in [-0.1, -0.05) is 29.3 Å². The van der Waals surface area contributed by atoms with Crippen LogP contribution >= 0.6 is 23.2 Å². The molecule has 0 fully saturated rings. The molecule has 0 aliphatic heterocycles. The number of rotatable bonds is 5. The molecule has 6 heteroatoms. The maximum atomic E-state index is 12.2. The molecule has 0 spiro atoms. The number of carbonyl (C=O) groups is 1. The summed E-state index contributed by atoms with van der Waals surface area (Å²) in [5.41, 5.74) is 0.663. The number of carbonyl (C=O) groups excluding carboxylic acids is 1. The maximum Gasteiger partial charge on any atom is 0.144 e. The van der Waals surface area contributed by atoms with Crippen molar-refractivity contribution in [2.45, 2.75) is 32.7 Å². The number of ketones is 1. The maximum absolute atomic E-state index is 12.2. The molecule has 2 rings (SSSR count). The van der Waals surface area contributed by atoms with Crippen molar-refractivity contribution < 1.29 is 4.79 Å². The Morgan fingerprint density at radius 3 is 2.50 bits per heavy atom. The second-order valence-corrected chi connectivity index (χ2v) is 5.62. The van der Waals surface area contributed by atoms with Gasteiger partial charge in [0.15, 0.2) is 0 Å². The van der Waals surface area contributed by atoms with Gasteiger partial charge in [0.2, 0.25) is 0 Å². The van der Waals surface area contributed by atoms with Crippen molar-refractivity contribution >= 4 is 29.0 Å². The van der Waals surface area contributed by atoms with Crippen LogP contribution < -0.4 is 0 Å². The first-order valence-corrected chi connectivity index (χ1v) is 7.07. The zero-order valence-corrected chi connectivity index (χ0v) is 12.8. The molecule has 0 amide bonds. The summed E-state index contributed by atoms with van der Waals surface area (Å²) in [6.07, 6.45) is 1.88. The predicted octanol–water partition coefficient (Wildman–Crippen LogP) is 3.52. The van der Waals surface area contributed by atoms with Crippen LogP contribution in [0.15, 0.2) is 24.5 Å². The lowest BCUT2D eigenvalue weighted by Crippen LogP contribution is -2.14. The Morgan fingerprint density at radius 1 is 1.25 bits per heavy atom. The van der Waals surface area contributed by atoms with Gasteiger partial charge in [-0.3, -0.25) is 4.79 Å². The first kappa shape index (κ1) is 15.0. The Labute approximate surface area is 127 Å². The Balaban J connectivity index is 2.12. The van der Waals surface area contributed by atoms with E-state index in [2.05, 4.69) is 10.1 Å². The third kappa shape index (κ3) is 3.38. The van der Waals surface area contributed by atoms with Gasteiger partial charge in [-0.25, -0.2) is 9.67 Å². The summed E-state index contributed by atoms with van der Waals surface area (Å²) in [7, 11) is 0. The van der Waals surface area contributed by atoms with Crippen LogP contribution in [0.3, 0.4) is 0 Å². The molecular weight excluding hydrogens is 297 g/mol. The van der Waals surface area contributed by atoms with Gasteiger partial charge in [0.05, 0.1) is 6.42 Å². The minimum absolute atomic E-state index is 0.00917. The zero-order chi connectivity index (χ0) is 14.7. The van der Waals surface area contributed by atoms with E-state index in [0.717, 1.165) is 0 Å². The lowest BCUT2D eigenvalue weighted by molar-refractivity contribution is -0.117. The highest BCUT2D eigenvalue weighted by molar-refractivity contribution is 6.36. The van der Waals surface area contributed by atoms with Crippen LogP contribution in [-0.2, 0) is 17.6 Å². The van der Waals surface area contributed by atoms with Gasteiger partial charge in [-0.2, -0.15) is 5.10 Å². The zero-order valence-electron chi connectivity index (χ0n) is 11.3. The van der Waals surface area contributed by atoms with E-state index in [1.165, 1.54) is 6.33 Å². The van der Waals surface area contributed by atoms with E-state index >= 15 is 0 Å². The normalized spacial score (nSPS) is 11.1. The quantitative estimate of drug-likeness (QED) is 0.848. The molecule has 106 valence electrons. The van der Waals surface area contributed by atoms with E-state index in [-0.39, 0.29) is 24.7 Å². The summed E-state index contributed by atoms with van der Waals surface area (Å²) >= 11 is 12.1. The van der Waals surface area contributed by atoms with Crippen molar-refractivity contribution in [3.63, 3.8) is 0 Å². The van der Waals surface area contributed by atoms with Gasteiger partial charge >= 0.3 is 0 Å². The molecule has 0 saturated heterocycles. The second-order valence-electron chi connectivity index (χ2n) is 4.81. The summed E-state index contributed by atoms with van der Waals surface area (Å²) in [5.74, 6) is 0.670. The van der Waals surface area contributed by atoms with E-state index in [0.29, 0.717) is 21.4 Å². The Hall–Kier alpha value is -1.39.